The van der Waals surface area contributed by atoms with Gasteiger partial charge in [-0.2, -0.15) is 0 Å². The molecular weight excluding hydrogens is 156 g/mol. The monoisotopic (exact) mass is 183 g/mol. The molecule has 0 aromatic heterocycles. The number of unbranched alkanes of at least 4 members (excludes halogenated alkanes) is 1. The molecule has 0 aliphatic rings. The van der Waals surface area contributed by atoms with E-state index in [2.05, 4.69) is 41.5 Å². The predicted octanol–water partition coefficient (Wildman–Crippen LogP) is 4.70. The van der Waals surface area contributed by atoms with Crippen LogP contribution in [0.25, 0.3) is 0 Å². The van der Waals surface area contributed by atoms with Crippen LogP contribution in [0.3, 0.4) is 0 Å². The standard InChI is InChI=1S/C13H27/c1-7-9-10-11(3)12(4)13(5,6)8-2/h11-12H,5,7-10H2,1-4,6H3. The first-order chi connectivity index (χ1) is 5.95. The Morgan fingerprint density at radius 3 is 2.15 bits per heavy atom. The average molecular weight is 183 g/mol. The Balaban J connectivity index is 4.00. The Morgan fingerprint density at radius 2 is 1.77 bits per heavy atom. The van der Waals surface area contributed by atoms with Crippen molar-refractivity contribution in [2.45, 2.75) is 60.3 Å². The molecule has 0 aromatic rings. The number of rotatable bonds is 6. The van der Waals surface area contributed by atoms with E-state index in [1.54, 1.807) is 0 Å². The summed E-state index contributed by atoms with van der Waals surface area (Å²) in [6.45, 7) is 15.9. The van der Waals surface area contributed by atoms with Gasteiger partial charge in [-0.15, -0.1) is 0 Å². The second-order valence-corrected chi connectivity index (χ2v) is 4.92. The minimum Gasteiger partial charge on any atom is -0.0654 e. The van der Waals surface area contributed by atoms with E-state index in [9.17, 15) is 0 Å². The molecule has 0 heterocycles. The third-order valence-electron chi connectivity index (χ3n) is 3.77. The minimum atomic E-state index is 0.271. The molecule has 0 rings (SSSR count). The Labute approximate surface area is 85.1 Å². The van der Waals surface area contributed by atoms with Gasteiger partial charge in [-0.25, -0.2) is 0 Å². The first-order valence-electron chi connectivity index (χ1n) is 5.81. The molecule has 3 unspecified atom stereocenters. The lowest BCUT2D eigenvalue weighted by molar-refractivity contribution is 0.180. The molecule has 0 N–H and O–H groups in total. The third kappa shape index (κ3) is 4.15. The van der Waals surface area contributed by atoms with Gasteiger partial charge in [0.1, 0.15) is 0 Å². The van der Waals surface area contributed by atoms with E-state index in [-0.39, 0.29) is 5.41 Å². The fraction of sp³-hybridized carbons (Fsp3) is 0.923. The molecule has 0 saturated heterocycles. The molecule has 1 radical (unpaired) electrons. The first kappa shape index (κ1) is 13.0. The van der Waals surface area contributed by atoms with Crippen LogP contribution in [0.2, 0.25) is 0 Å². The van der Waals surface area contributed by atoms with Gasteiger partial charge >= 0.3 is 0 Å². The molecule has 0 heteroatoms. The van der Waals surface area contributed by atoms with Crippen LogP contribution in [0.5, 0.6) is 0 Å². The molecule has 0 spiro atoms. The maximum Gasteiger partial charge on any atom is -0.0300 e. The van der Waals surface area contributed by atoms with E-state index in [1.807, 2.05) is 0 Å². The van der Waals surface area contributed by atoms with Gasteiger partial charge < -0.3 is 0 Å². The average Bonchev–Trinajstić information content (AvgIpc) is 2.12. The van der Waals surface area contributed by atoms with Crippen molar-refractivity contribution in [3.63, 3.8) is 0 Å². The summed E-state index contributed by atoms with van der Waals surface area (Å²) in [6, 6.07) is 0. The normalized spacial score (nSPS) is 17.1. The largest absolute Gasteiger partial charge is 0.0654 e. The second-order valence-electron chi connectivity index (χ2n) is 4.92. The van der Waals surface area contributed by atoms with E-state index < -0.39 is 0 Å². The van der Waals surface area contributed by atoms with Gasteiger partial charge in [0.05, 0.1) is 0 Å². The van der Waals surface area contributed by atoms with Crippen molar-refractivity contribution in [3.8, 4) is 0 Å². The zero-order valence-electron chi connectivity index (χ0n) is 10.2. The summed E-state index contributed by atoms with van der Waals surface area (Å²) in [6.07, 6.45) is 5.23. The molecule has 0 aromatic carbocycles. The molecular formula is C13H27. The van der Waals surface area contributed by atoms with Gasteiger partial charge in [0.2, 0.25) is 0 Å². The van der Waals surface area contributed by atoms with Crippen molar-refractivity contribution < 1.29 is 0 Å². The molecule has 0 bridgehead atoms. The molecule has 79 valence electrons. The Bertz CT molecular complexity index is 124. The quantitative estimate of drug-likeness (QED) is 0.560. The van der Waals surface area contributed by atoms with Crippen LogP contribution in [0.1, 0.15) is 60.3 Å². The van der Waals surface area contributed by atoms with Crippen molar-refractivity contribution in [2.75, 3.05) is 0 Å². The topological polar surface area (TPSA) is 0 Å². The lowest BCUT2D eigenvalue weighted by atomic mass is 9.71. The number of hydrogen-bond acceptors (Lipinski definition) is 0. The van der Waals surface area contributed by atoms with Crippen LogP contribution in [0, 0.1) is 24.2 Å². The minimum absolute atomic E-state index is 0.271. The fourth-order valence-corrected chi connectivity index (χ4v) is 1.78. The van der Waals surface area contributed by atoms with Gasteiger partial charge in [-0.1, -0.05) is 60.3 Å². The van der Waals surface area contributed by atoms with Crippen molar-refractivity contribution in [2.24, 2.45) is 17.3 Å². The van der Waals surface area contributed by atoms with Gasteiger partial charge in [0.25, 0.3) is 0 Å². The van der Waals surface area contributed by atoms with Gasteiger partial charge in [0, 0.05) is 0 Å². The molecule has 0 aliphatic heterocycles. The smallest absolute Gasteiger partial charge is 0.0300 e. The lowest BCUT2D eigenvalue weighted by Gasteiger charge is -2.35. The SMILES string of the molecule is [CH2]C(C)(CC)C(C)C(C)CCCC. The lowest BCUT2D eigenvalue weighted by Crippen LogP contribution is -2.26. The molecule has 0 amide bonds. The summed E-state index contributed by atoms with van der Waals surface area (Å²) in [4.78, 5) is 0. The van der Waals surface area contributed by atoms with Crippen molar-refractivity contribution >= 4 is 0 Å². The summed E-state index contributed by atoms with van der Waals surface area (Å²) < 4.78 is 0. The molecule has 13 heavy (non-hydrogen) atoms. The van der Waals surface area contributed by atoms with E-state index in [0.717, 1.165) is 11.8 Å². The van der Waals surface area contributed by atoms with Gasteiger partial charge in [0.15, 0.2) is 0 Å². The Hall–Kier alpha value is 0. The zero-order valence-corrected chi connectivity index (χ0v) is 10.2. The predicted molar refractivity (Wildman–Crippen MR) is 61.6 cm³/mol. The van der Waals surface area contributed by atoms with E-state index in [4.69, 9.17) is 0 Å². The summed E-state index contributed by atoms with van der Waals surface area (Å²) in [5.74, 6) is 1.56. The fourth-order valence-electron chi connectivity index (χ4n) is 1.78. The van der Waals surface area contributed by atoms with Crippen LogP contribution in [-0.4, -0.2) is 0 Å². The summed E-state index contributed by atoms with van der Waals surface area (Å²) in [5, 5.41) is 0. The van der Waals surface area contributed by atoms with Crippen LogP contribution < -0.4 is 0 Å². The summed E-state index contributed by atoms with van der Waals surface area (Å²) in [5.41, 5.74) is 0.271. The first-order valence-corrected chi connectivity index (χ1v) is 5.81. The molecule has 0 nitrogen and oxygen atoms in total. The van der Waals surface area contributed by atoms with E-state index in [1.165, 1.54) is 25.7 Å². The van der Waals surface area contributed by atoms with E-state index in [0.29, 0.717) is 0 Å². The highest BCUT2D eigenvalue weighted by atomic mass is 14.3. The molecule has 3 atom stereocenters. The van der Waals surface area contributed by atoms with Crippen LogP contribution >= 0.6 is 0 Å². The van der Waals surface area contributed by atoms with E-state index >= 15 is 0 Å². The van der Waals surface area contributed by atoms with Crippen molar-refractivity contribution in [3.05, 3.63) is 6.92 Å². The maximum absolute atomic E-state index is 4.32. The maximum atomic E-state index is 4.32. The third-order valence-corrected chi connectivity index (χ3v) is 3.77. The highest BCUT2D eigenvalue weighted by Gasteiger charge is 2.27. The Morgan fingerprint density at radius 1 is 1.23 bits per heavy atom. The molecule has 0 fully saturated rings. The number of hydrogen-bond donors (Lipinski definition) is 0. The molecule has 0 aliphatic carbocycles. The highest BCUT2D eigenvalue weighted by molar-refractivity contribution is 4.83. The summed E-state index contributed by atoms with van der Waals surface area (Å²) >= 11 is 0. The molecule has 0 saturated carbocycles. The second kappa shape index (κ2) is 5.67. The Kier molecular flexibility index (Phi) is 5.67. The van der Waals surface area contributed by atoms with Gasteiger partial charge in [-0.3, -0.25) is 0 Å². The summed E-state index contributed by atoms with van der Waals surface area (Å²) in [7, 11) is 0. The highest BCUT2D eigenvalue weighted by Crippen LogP contribution is 2.36. The van der Waals surface area contributed by atoms with Crippen molar-refractivity contribution in [1.82, 2.24) is 0 Å². The van der Waals surface area contributed by atoms with Crippen LogP contribution in [-0.2, 0) is 0 Å². The van der Waals surface area contributed by atoms with Crippen LogP contribution in [0.15, 0.2) is 0 Å². The zero-order chi connectivity index (χ0) is 10.5. The van der Waals surface area contributed by atoms with Gasteiger partial charge in [-0.05, 0) is 24.2 Å². The van der Waals surface area contributed by atoms with Crippen molar-refractivity contribution in [1.29, 1.82) is 0 Å². The van der Waals surface area contributed by atoms with Crippen LogP contribution in [0.4, 0.5) is 0 Å².